The fraction of sp³-hybridized carbons (Fsp3) is 0.720. The Kier molecular flexibility index (Phi) is 65.2. The lowest BCUT2D eigenvalue weighted by Gasteiger charge is -2.18. The number of hydrogen-bond donors (Lipinski definition) is 0. The second kappa shape index (κ2) is 68.6. The second-order valence-electron chi connectivity index (χ2n) is 22.7. The van der Waals surface area contributed by atoms with Gasteiger partial charge in [0.15, 0.2) is 6.10 Å². The molecule has 0 N–H and O–H groups in total. The van der Waals surface area contributed by atoms with Crippen LogP contribution in [0, 0.1) is 0 Å². The summed E-state index contributed by atoms with van der Waals surface area (Å²) in [5, 5.41) is 0. The average molecular weight is 1130 g/mol. The maximum atomic E-state index is 12.9. The number of hydrogen-bond acceptors (Lipinski definition) is 6. The van der Waals surface area contributed by atoms with Crippen molar-refractivity contribution < 1.29 is 28.6 Å². The van der Waals surface area contributed by atoms with Gasteiger partial charge < -0.3 is 14.2 Å². The molecule has 0 aromatic heterocycles. The Morgan fingerprint density at radius 3 is 0.753 bits per heavy atom. The highest BCUT2D eigenvalue weighted by atomic mass is 16.6. The summed E-state index contributed by atoms with van der Waals surface area (Å²) in [7, 11) is 0. The van der Waals surface area contributed by atoms with Crippen LogP contribution in [0.5, 0.6) is 0 Å². The minimum atomic E-state index is -0.784. The topological polar surface area (TPSA) is 78.9 Å². The first-order valence-electron chi connectivity index (χ1n) is 34.4. The van der Waals surface area contributed by atoms with E-state index in [0.29, 0.717) is 19.3 Å². The monoisotopic (exact) mass is 1120 g/mol. The van der Waals surface area contributed by atoms with E-state index in [1.807, 2.05) is 0 Å². The number of esters is 3. The van der Waals surface area contributed by atoms with Crippen molar-refractivity contribution in [1.82, 2.24) is 0 Å². The van der Waals surface area contributed by atoms with Crippen LogP contribution < -0.4 is 0 Å². The van der Waals surface area contributed by atoms with Crippen LogP contribution in [0.2, 0.25) is 0 Å². The van der Waals surface area contributed by atoms with Crippen LogP contribution in [-0.2, 0) is 28.6 Å². The van der Waals surface area contributed by atoms with Gasteiger partial charge in [-0.15, -0.1) is 0 Å². The van der Waals surface area contributed by atoms with E-state index in [1.165, 1.54) is 154 Å². The molecule has 0 saturated heterocycles. The molecule has 0 fully saturated rings. The van der Waals surface area contributed by atoms with Crippen LogP contribution in [0.1, 0.15) is 329 Å². The summed E-state index contributed by atoms with van der Waals surface area (Å²) < 4.78 is 16.9. The second-order valence-corrected chi connectivity index (χ2v) is 22.7. The molecule has 464 valence electrons. The maximum Gasteiger partial charge on any atom is 0.306 e. The van der Waals surface area contributed by atoms with Gasteiger partial charge >= 0.3 is 17.9 Å². The fourth-order valence-electron chi connectivity index (χ4n) is 9.67. The summed E-state index contributed by atoms with van der Waals surface area (Å²) in [6, 6.07) is 0. The molecule has 1 atom stereocenters. The van der Waals surface area contributed by atoms with E-state index >= 15 is 0 Å². The third-order valence-electron chi connectivity index (χ3n) is 14.8. The highest BCUT2D eigenvalue weighted by Crippen LogP contribution is 2.17. The zero-order chi connectivity index (χ0) is 58.5. The fourth-order valence-corrected chi connectivity index (χ4v) is 9.67. The van der Waals surface area contributed by atoms with E-state index in [4.69, 9.17) is 14.2 Å². The standard InChI is InChI=1S/C75H128O6/c1-4-7-10-13-16-19-22-25-28-30-31-32-33-34-35-36-37-38-39-40-41-42-43-44-45-46-48-50-53-56-59-62-65-68-74(77)80-71-72(70-79-73(76)67-64-61-58-55-52-49-27-24-21-18-15-12-9-6-3)81-75(78)69-66-63-60-57-54-51-47-29-26-23-20-17-14-11-8-5-2/h7,10,16,19,25,28,31-32,34-35,37-38,40-41,43-44,46,48,72H,4-6,8-9,11-15,17-18,20-24,26-27,29-30,33,36,39,42,45,47,49-71H2,1-3H3/b10-7-,19-16-,28-25-,32-31-,35-34-,38-37-,41-40-,44-43-,48-46-. The van der Waals surface area contributed by atoms with Gasteiger partial charge in [-0.05, 0) is 89.9 Å². The predicted octanol–water partition coefficient (Wildman–Crippen LogP) is 23.8. The number of carbonyl (C=O) groups excluding carboxylic acids is 3. The molecule has 1 unspecified atom stereocenters. The summed E-state index contributed by atoms with van der Waals surface area (Å²) in [6.07, 6.45) is 93.9. The van der Waals surface area contributed by atoms with Crippen LogP contribution in [-0.4, -0.2) is 37.2 Å². The molecular weight excluding hydrogens is 997 g/mol. The number of allylic oxidation sites excluding steroid dienone is 18. The summed E-state index contributed by atoms with van der Waals surface area (Å²) >= 11 is 0. The van der Waals surface area contributed by atoms with Crippen molar-refractivity contribution in [3.8, 4) is 0 Å². The van der Waals surface area contributed by atoms with Gasteiger partial charge in [-0.2, -0.15) is 0 Å². The third-order valence-corrected chi connectivity index (χ3v) is 14.8. The Morgan fingerprint density at radius 2 is 0.481 bits per heavy atom. The van der Waals surface area contributed by atoms with Gasteiger partial charge in [-0.25, -0.2) is 0 Å². The lowest BCUT2D eigenvalue weighted by atomic mass is 10.0. The summed E-state index contributed by atoms with van der Waals surface area (Å²) in [4.78, 5) is 38.4. The van der Waals surface area contributed by atoms with Crippen molar-refractivity contribution in [3.63, 3.8) is 0 Å². The molecule has 6 heteroatoms. The summed E-state index contributed by atoms with van der Waals surface area (Å²) in [5.41, 5.74) is 0. The lowest BCUT2D eigenvalue weighted by Crippen LogP contribution is -2.30. The van der Waals surface area contributed by atoms with Gasteiger partial charge in [-0.3, -0.25) is 14.4 Å². The van der Waals surface area contributed by atoms with Crippen molar-refractivity contribution >= 4 is 17.9 Å². The normalized spacial score (nSPS) is 12.8. The van der Waals surface area contributed by atoms with E-state index in [0.717, 1.165) is 135 Å². The maximum absolute atomic E-state index is 12.9. The molecule has 0 spiro atoms. The van der Waals surface area contributed by atoms with Crippen molar-refractivity contribution in [2.45, 2.75) is 335 Å². The average Bonchev–Trinajstić information content (AvgIpc) is 3.47. The SMILES string of the molecule is CC/C=C\C/C=C\C/C=C\C/C=C\C/C=C\C/C=C\C/C=C\C/C=C\C/C=C\CCCCCCCC(=O)OCC(COC(=O)CCCCCCCCCCCCCCCC)OC(=O)CCCCCCCCCCCCCCCCCC. The Bertz CT molecular complexity index is 1620. The first kappa shape index (κ1) is 77.1. The molecule has 0 bridgehead atoms. The predicted molar refractivity (Wildman–Crippen MR) is 353 cm³/mol. The van der Waals surface area contributed by atoms with E-state index in [2.05, 4.69) is 130 Å². The van der Waals surface area contributed by atoms with Crippen LogP contribution in [0.15, 0.2) is 109 Å². The summed E-state index contributed by atoms with van der Waals surface area (Å²) in [6.45, 7) is 6.55. The molecule has 0 amide bonds. The summed E-state index contributed by atoms with van der Waals surface area (Å²) in [5.74, 6) is -0.884. The Morgan fingerprint density at radius 1 is 0.259 bits per heavy atom. The molecule has 0 aliphatic carbocycles. The smallest absolute Gasteiger partial charge is 0.306 e. The quantitative estimate of drug-likeness (QED) is 0.0261. The molecule has 0 aliphatic rings. The van der Waals surface area contributed by atoms with Crippen LogP contribution in [0.4, 0.5) is 0 Å². The molecule has 0 radical (unpaired) electrons. The molecule has 0 heterocycles. The molecule has 81 heavy (non-hydrogen) atoms. The van der Waals surface area contributed by atoms with E-state index in [1.54, 1.807) is 0 Å². The Labute approximate surface area is 501 Å². The number of ether oxygens (including phenoxy) is 3. The first-order chi connectivity index (χ1) is 40.0. The zero-order valence-electron chi connectivity index (χ0n) is 53.3. The minimum absolute atomic E-state index is 0.0796. The molecule has 0 saturated carbocycles. The van der Waals surface area contributed by atoms with Crippen LogP contribution in [0.3, 0.4) is 0 Å². The molecule has 0 aliphatic heterocycles. The van der Waals surface area contributed by atoms with E-state index in [9.17, 15) is 14.4 Å². The molecule has 0 rings (SSSR count). The number of unbranched alkanes of at least 4 members (excludes halogenated alkanes) is 33. The third kappa shape index (κ3) is 66.8. The van der Waals surface area contributed by atoms with Crippen LogP contribution in [0.25, 0.3) is 0 Å². The van der Waals surface area contributed by atoms with E-state index < -0.39 is 6.10 Å². The van der Waals surface area contributed by atoms with Gasteiger partial charge in [0.1, 0.15) is 13.2 Å². The highest BCUT2D eigenvalue weighted by molar-refractivity contribution is 5.71. The zero-order valence-corrected chi connectivity index (χ0v) is 53.3. The Hall–Kier alpha value is -3.93. The van der Waals surface area contributed by atoms with Crippen molar-refractivity contribution in [3.05, 3.63) is 109 Å². The molecule has 6 nitrogen and oxygen atoms in total. The van der Waals surface area contributed by atoms with E-state index in [-0.39, 0.29) is 31.1 Å². The number of carbonyl (C=O) groups is 3. The Balaban J connectivity index is 4.31. The lowest BCUT2D eigenvalue weighted by molar-refractivity contribution is -0.167. The van der Waals surface area contributed by atoms with Gasteiger partial charge in [-0.1, -0.05) is 329 Å². The van der Waals surface area contributed by atoms with Crippen molar-refractivity contribution in [2.24, 2.45) is 0 Å². The first-order valence-corrected chi connectivity index (χ1v) is 34.4. The van der Waals surface area contributed by atoms with Gasteiger partial charge in [0.25, 0.3) is 0 Å². The van der Waals surface area contributed by atoms with Crippen molar-refractivity contribution in [2.75, 3.05) is 13.2 Å². The largest absolute Gasteiger partial charge is 0.462 e. The van der Waals surface area contributed by atoms with Gasteiger partial charge in [0.2, 0.25) is 0 Å². The highest BCUT2D eigenvalue weighted by Gasteiger charge is 2.19. The van der Waals surface area contributed by atoms with Gasteiger partial charge in [0, 0.05) is 19.3 Å². The molecule has 0 aromatic carbocycles. The molecule has 0 aromatic rings. The van der Waals surface area contributed by atoms with Gasteiger partial charge in [0.05, 0.1) is 0 Å². The number of rotatable bonds is 62. The van der Waals surface area contributed by atoms with Crippen LogP contribution >= 0.6 is 0 Å². The van der Waals surface area contributed by atoms with Crippen molar-refractivity contribution in [1.29, 1.82) is 0 Å². The molecular formula is C75H128O6. The minimum Gasteiger partial charge on any atom is -0.462 e.